The first-order valence-corrected chi connectivity index (χ1v) is 5.60. The molecule has 1 aliphatic heterocycles. The van der Waals surface area contributed by atoms with Crippen molar-refractivity contribution in [3.05, 3.63) is 23.9 Å². The van der Waals surface area contributed by atoms with Crippen LogP contribution >= 0.6 is 0 Å². The van der Waals surface area contributed by atoms with Crippen LogP contribution in [0, 0.1) is 0 Å². The Morgan fingerprint density at radius 3 is 2.89 bits per heavy atom. The average molecular weight is 253 g/mol. The van der Waals surface area contributed by atoms with Crippen molar-refractivity contribution in [1.29, 1.82) is 0 Å². The van der Waals surface area contributed by atoms with Crippen LogP contribution in [0.4, 0.5) is 0 Å². The Hall–Kier alpha value is -1.66. The molecule has 1 aliphatic rings. The number of pyridine rings is 1. The Morgan fingerprint density at radius 1 is 1.61 bits per heavy atom. The van der Waals surface area contributed by atoms with Crippen LogP contribution < -0.4 is 4.74 Å². The molecule has 6 nitrogen and oxygen atoms in total. The Kier molecular flexibility index (Phi) is 3.49. The Labute approximate surface area is 104 Å². The summed E-state index contributed by atoms with van der Waals surface area (Å²) < 4.78 is 16.4. The maximum atomic E-state index is 10.6. The minimum Gasteiger partial charge on any atom is -0.478 e. The molecule has 0 unspecified atom stereocenters. The number of hydrogen-bond donors (Lipinski definition) is 1. The number of hydrogen-bond acceptors (Lipinski definition) is 5. The van der Waals surface area contributed by atoms with Crippen molar-refractivity contribution in [2.75, 3.05) is 13.2 Å². The van der Waals surface area contributed by atoms with E-state index in [0.717, 1.165) is 0 Å². The molecule has 0 aliphatic carbocycles. The minimum atomic E-state index is -1.01. The molecular formula is C12H15NO5. The van der Waals surface area contributed by atoms with Gasteiger partial charge in [0.2, 0.25) is 5.88 Å². The predicted octanol–water partition coefficient (Wildman–Crippen LogP) is 1.31. The molecule has 1 aromatic rings. The third-order valence-corrected chi connectivity index (χ3v) is 2.47. The molecule has 0 saturated carbocycles. The molecule has 98 valence electrons. The molecule has 1 atom stereocenters. The highest BCUT2D eigenvalue weighted by molar-refractivity contribution is 5.87. The van der Waals surface area contributed by atoms with Crippen LogP contribution in [0.5, 0.6) is 5.88 Å². The zero-order valence-corrected chi connectivity index (χ0v) is 10.3. The van der Waals surface area contributed by atoms with Crippen molar-refractivity contribution in [1.82, 2.24) is 4.98 Å². The van der Waals surface area contributed by atoms with Gasteiger partial charge in [-0.25, -0.2) is 9.78 Å². The molecule has 6 heteroatoms. The summed E-state index contributed by atoms with van der Waals surface area (Å²) in [5, 5.41) is 8.72. The fourth-order valence-corrected chi connectivity index (χ4v) is 1.62. The van der Waals surface area contributed by atoms with Gasteiger partial charge in [0.15, 0.2) is 5.79 Å². The van der Waals surface area contributed by atoms with Crippen molar-refractivity contribution in [2.45, 2.75) is 25.7 Å². The SMILES string of the molecule is CC1(C)OC[C@@H](COc2ccc(C(=O)O)cn2)O1. The van der Waals surface area contributed by atoms with E-state index in [4.69, 9.17) is 19.3 Å². The molecule has 2 heterocycles. The third-order valence-electron chi connectivity index (χ3n) is 2.47. The summed E-state index contributed by atoms with van der Waals surface area (Å²) in [7, 11) is 0. The minimum absolute atomic E-state index is 0.129. The fourth-order valence-electron chi connectivity index (χ4n) is 1.62. The van der Waals surface area contributed by atoms with E-state index in [1.807, 2.05) is 13.8 Å². The molecule has 0 amide bonds. The van der Waals surface area contributed by atoms with Crippen LogP contribution in [0.3, 0.4) is 0 Å². The molecule has 1 aromatic heterocycles. The monoisotopic (exact) mass is 253 g/mol. The quantitative estimate of drug-likeness (QED) is 0.871. The van der Waals surface area contributed by atoms with Gasteiger partial charge in [0.05, 0.1) is 12.2 Å². The van der Waals surface area contributed by atoms with Gasteiger partial charge in [0.25, 0.3) is 0 Å². The number of nitrogens with zero attached hydrogens (tertiary/aromatic N) is 1. The van der Waals surface area contributed by atoms with Crippen molar-refractivity contribution in [3.8, 4) is 5.88 Å². The highest BCUT2D eigenvalue weighted by Gasteiger charge is 2.32. The molecule has 1 N–H and O–H groups in total. The number of ether oxygens (including phenoxy) is 3. The Balaban J connectivity index is 1.85. The maximum Gasteiger partial charge on any atom is 0.337 e. The van der Waals surface area contributed by atoms with E-state index in [1.165, 1.54) is 18.3 Å². The molecule has 0 bridgehead atoms. The van der Waals surface area contributed by atoms with Gasteiger partial charge in [-0.15, -0.1) is 0 Å². The van der Waals surface area contributed by atoms with Crippen LogP contribution in [0.1, 0.15) is 24.2 Å². The molecule has 18 heavy (non-hydrogen) atoms. The summed E-state index contributed by atoms with van der Waals surface area (Å²) in [5.41, 5.74) is 0.129. The highest BCUT2D eigenvalue weighted by atomic mass is 16.7. The lowest BCUT2D eigenvalue weighted by Crippen LogP contribution is -2.25. The first-order valence-electron chi connectivity index (χ1n) is 5.60. The number of carbonyl (C=O) groups is 1. The van der Waals surface area contributed by atoms with Gasteiger partial charge < -0.3 is 19.3 Å². The van der Waals surface area contributed by atoms with Gasteiger partial charge in [-0.2, -0.15) is 0 Å². The van der Waals surface area contributed by atoms with Crippen molar-refractivity contribution in [3.63, 3.8) is 0 Å². The van der Waals surface area contributed by atoms with E-state index in [2.05, 4.69) is 4.98 Å². The summed E-state index contributed by atoms with van der Waals surface area (Å²) in [6, 6.07) is 2.96. The van der Waals surface area contributed by atoms with Gasteiger partial charge in [-0.05, 0) is 19.9 Å². The van der Waals surface area contributed by atoms with Crippen molar-refractivity contribution in [2.24, 2.45) is 0 Å². The molecule has 2 rings (SSSR count). The van der Waals surface area contributed by atoms with Gasteiger partial charge in [-0.3, -0.25) is 0 Å². The second-order valence-electron chi connectivity index (χ2n) is 4.45. The lowest BCUT2D eigenvalue weighted by molar-refractivity contribution is -0.141. The zero-order valence-electron chi connectivity index (χ0n) is 10.3. The first-order chi connectivity index (χ1) is 8.46. The molecule has 1 fully saturated rings. The van der Waals surface area contributed by atoms with Crippen LogP contribution in [-0.4, -0.2) is 41.2 Å². The van der Waals surface area contributed by atoms with Crippen molar-refractivity contribution < 1.29 is 24.1 Å². The van der Waals surface area contributed by atoms with Crippen LogP contribution in [-0.2, 0) is 9.47 Å². The fraction of sp³-hybridized carbons (Fsp3) is 0.500. The molecule has 0 spiro atoms. The summed E-state index contributed by atoms with van der Waals surface area (Å²) >= 11 is 0. The van der Waals surface area contributed by atoms with Gasteiger partial charge in [-0.1, -0.05) is 0 Å². The summed E-state index contributed by atoms with van der Waals surface area (Å²) in [4.78, 5) is 14.5. The third kappa shape index (κ3) is 3.18. The summed E-state index contributed by atoms with van der Waals surface area (Å²) in [5.74, 6) is -1.22. The molecular weight excluding hydrogens is 238 g/mol. The first kappa shape index (κ1) is 12.8. The molecule has 0 radical (unpaired) electrons. The van der Waals surface area contributed by atoms with E-state index in [1.54, 1.807) is 0 Å². The number of carboxylic acids is 1. The van der Waals surface area contributed by atoms with Crippen LogP contribution in [0.15, 0.2) is 18.3 Å². The second-order valence-corrected chi connectivity index (χ2v) is 4.45. The Bertz CT molecular complexity index is 429. The van der Waals surface area contributed by atoms with E-state index in [0.29, 0.717) is 19.1 Å². The lowest BCUT2D eigenvalue weighted by atomic mass is 10.3. The lowest BCUT2D eigenvalue weighted by Gasteiger charge is -2.17. The zero-order chi connectivity index (χ0) is 13.2. The van der Waals surface area contributed by atoms with Crippen LogP contribution in [0.25, 0.3) is 0 Å². The van der Waals surface area contributed by atoms with E-state index in [9.17, 15) is 4.79 Å². The van der Waals surface area contributed by atoms with Gasteiger partial charge in [0.1, 0.15) is 12.7 Å². The van der Waals surface area contributed by atoms with Gasteiger partial charge >= 0.3 is 5.97 Å². The topological polar surface area (TPSA) is 77.9 Å². The predicted molar refractivity (Wildman–Crippen MR) is 61.6 cm³/mol. The van der Waals surface area contributed by atoms with Crippen LogP contribution in [0.2, 0.25) is 0 Å². The average Bonchev–Trinajstić information content (AvgIpc) is 2.67. The standard InChI is InChI=1S/C12H15NO5/c1-12(2)17-7-9(18-12)6-16-10-4-3-8(5-13-10)11(14)15/h3-5,9H,6-7H2,1-2H3,(H,14,15)/t9-/m1/s1. The smallest absolute Gasteiger partial charge is 0.337 e. The van der Waals surface area contributed by atoms with Crippen molar-refractivity contribution >= 4 is 5.97 Å². The number of aromatic carboxylic acids is 1. The maximum absolute atomic E-state index is 10.6. The van der Waals surface area contributed by atoms with Gasteiger partial charge in [0, 0.05) is 12.3 Å². The Morgan fingerprint density at radius 2 is 2.39 bits per heavy atom. The largest absolute Gasteiger partial charge is 0.478 e. The second kappa shape index (κ2) is 4.91. The summed E-state index contributed by atoms with van der Waals surface area (Å²) in [6.07, 6.45) is 1.12. The van der Waals surface area contributed by atoms with E-state index in [-0.39, 0.29) is 11.7 Å². The van der Waals surface area contributed by atoms with E-state index >= 15 is 0 Å². The number of aromatic nitrogens is 1. The number of rotatable bonds is 4. The highest BCUT2D eigenvalue weighted by Crippen LogP contribution is 2.22. The molecule has 1 saturated heterocycles. The normalized spacial score (nSPS) is 21.8. The summed E-state index contributed by atoms with van der Waals surface area (Å²) in [6.45, 7) is 4.48. The number of carboxylic acid groups (broad SMARTS) is 1. The van der Waals surface area contributed by atoms with E-state index < -0.39 is 11.8 Å². The molecule has 0 aromatic carbocycles.